The lowest BCUT2D eigenvalue weighted by molar-refractivity contribution is 0.415. The van der Waals surface area contributed by atoms with Gasteiger partial charge in [-0.15, -0.1) is 0 Å². The van der Waals surface area contributed by atoms with Crippen LogP contribution in [0.2, 0.25) is 0 Å². The van der Waals surface area contributed by atoms with Crippen molar-refractivity contribution < 1.29 is 4.74 Å². The Hall–Kier alpha value is -3.64. The number of thiocarbonyl (C=S) groups is 1. The van der Waals surface area contributed by atoms with Gasteiger partial charge in [-0.3, -0.25) is 4.98 Å². The summed E-state index contributed by atoms with van der Waals surface area (Å²) in [5.74, 6) is 0.813. The standard InChI is InChI=1S/C26H24N4OS/c1-18-8-10-19(11-9-18)29-17-5-7-23(29)25-24(22-6-3-4-16-27-22)28-26(32)30(25)20-12-14-21(31-2)15-13-20/h3-17,24-25H,1-2H3,(H,28,32)/t24-,25-/m1/s1. The van der Waals surface area contributed by atoms with Crippen molar-refractivity contribution in [3.05, 3.63) is 108 Å². The first-order valence-electron chi connectivity index (χ1n) is 10.5. The molecule has 0 saturated carbocycles. The maximum absolute atomic E-state index is 5.84. The predicted octanol–water partition coefficient (Wildman–Crippen LogP) is 5.37. The number of nitrogens with zero attached hydrogens (tertiary/aromatic N) is 3. The fourth-order valence-corrected chi connectivity index (χ4v) is 4.60. The maximum atomic E-state index is 5.84. The summed E-state index contributed by atoms with van der Waals surface area (Å²) in [5.41, 5.74) is 5.43. The molecule has 0 bridgehead atoms. The number of nitrogens with one attached hydrogen (secondary N) is 1. The molecule has 3 heterocycles. The summed E-state index contributed by atoms with van der Waals surface area (Å²) in [6.07, 6.45) is 3.93. The Kier molecular flexibility index (Phi) is 5.37. The van der Waals surface area contributed by atoms with Gasteiger partial charge in [-0.25, -0.2) is 0 Å². The van der Waals surface area contributed by atoms with Crippen molar-refractivity contribution in [3.8, 4) is 11.4 Å². The molecular formula is C26H24N4OS. The van der Waals surface area contributed by atoms with Crippen LogP contribution in [-0.4, -0.2) is 21.8 Å². The van der Waals surface area contributed by atoms with Crippen molar-refractivity contribution in [2.75, 3.05) is 12.0 Å². The molecule has 5 nitrogen and oxygen atoms in total. The van der Waals surface area contributed by atoms with E-state index in [1.54, 1.807) is 7.11 Å². The van der Waals surface area contributed by atoms with E-state index >= 15 is 0 Å². The van der Waals surface area contributed by atoms with Gasteiger partial charge in [0.25, 0.3) is 0 Å². The van der Waals surface area contributed by atoms with E-state index in [1.807, 2.05) is 48.7 Å². The third-order valence-electron chi connectivity index (χ3n) is 5.84. The van der Waals surface area contributed by atoms with Crippen LogP contribution in [0, 0.1) is 6.92 Å². The number of hydrogen-bond donors (Lipinski definition) is 1. The average Bonchev–Trinajstić information content (AvgIpc) is 3.44. The van der Waals surface area contributed by atoms with Crippen molar-refractivity contribution in [2.24, 2.45) is 0 Å². The molecule has 0 aliphatic carbocycles. The van der Waals surface area contributed by atoms with E-state index in [0.717, 1.165) is 28.5 Å². The predicted molar refractivity (Wildman–Crippen MR) is 131 cm³/mol. The van der Waals surface area contributed by atoms with E-state index in [1.165, 1.54) is 5.56 Å². The second-order valence-corrected chi connectivity index (χ2v) is 8.22. The quantitative estimate of drug-likeness (QED) is 0.423. The first kappa shape index (κ1) is 20.3. The minimum atomic E-state index is -0.0927. The molecule has 1 saturated heterocycles. The number of aromatic nitrogens is 2. The van der Waals surface area contributed by atoms with E-state index < -0.39 is 0 Å². The number of benzene rings is 2. The summed E-state index contributed by atoms with van der Waals surface area (Å²) >= 11 is 5.84. The van der Waals surface area contributed by atoms with Crippen LogP contribution in [0.4, 0.5) is 5.69 Å². The van der Waals surface area contributed by atoms with Crippen LogP contribution in [-0.2, 0) is 0 Å². The van der Waals surface area contributed by atoms with E-state index in [0.29, 0.717) is 5.11 Å². The van der Waals surface area contributed by atoms with Gasteiger partial charge in [-0.1, -0.05) is 23.8 Å². The fraction of sp³-hybridized carbons (Fsp3) is 0.154. The number of pyridine rings is 1. The topological polar surface area (TPSA) is 42.3 Å². The summed E-state index contributed by atoms with van der Waals surface area (Å²) in [5, 5.41) is 4.20. The normalized spacial score (nSPS) is 17.9. The lowest BCUT2D eigenvalue weighted by Crippen LogP contribution is -2.30. The number of anilines is 1. The van der Waals surface area contributed by atoms with E-state index in [4.69, 9.17) is 17.0 Å². The first-order chi connectivity index (χ1) is 15.7. The smallest absolute Gasteiger partial charge is 0.174 e. The van der Waals surface area contributed by atoms with Crippen LogP contribution in [0.25, 0.3) is 5.69 Å². The lowest BCUT2D eigenvalue weighted by atomic mass is 10.0. The van der Waals surface area contributed by atoms with Crippen molar-refractivity contribution in [1.82, 2.24) is 14.9 Å². The number of ether oxygens (including phenoxy) is 1. The highest BCUT2D eigenvalue weighted by Gasteiger charge is 2.42. The molecule has 5 rings (SSSR count). The molecule has 1 aliphatic heterocycles. The zero-order valence-electron chi connectivity index (χ0n) is 18.0. The Morgan fingerprint density at radius 2 is 1.66 bits per heavy atom. The van der Waals surface area contributed by atoms with Crippen LogP contribution >= 0.6 is 12.2 Å². The summed E-state index contributed by atoms with van der Waals surface area (Å²) in [7, 11) is 1.67. The molecule has 2 atom stereocenters. The first-order valence-corrected chi connectivity index (χ1v) is 11.0. The minimum Gasteiger partial charge on any atom is -0.497 e. The summed E-state index contributed by atoms with van der Waals surface area (Å²) in [4.78, 5) is 6.82. The van der Waals surface area contributed by atoms with Crippen LogP contribution < -0.4 is 15.0 Å². The summed E-state index contributed by atoms with van der Waals surface area (Å²) in [6.45, 7) is 2.10. The Labute approximate surface area is 193 Å². The third-order valence-corrected chi connectivity index (χ3v) is 6.16. The van der Waals surface area contributed by atoms with Gasteiger partial charge < -0.3 is 19.5 Å². The van der Waals surface area contributed by atoms with E-state index in [2.05, 4.69) is 69.3 Å². The van der Waals surface area contributed by atoms with Gasteiger partial charge in [0.1, 0.15) is 11.8 Å². The molecule has 2 aromatic carbocycles. The van der Waals surface area contributed by atoms with Crippen molar-refractivity contribution in [3.63, 3.8) is 0 Å². The molecule has 6 heteroatoms. The number of aryl methyl sites for hydroxylation is 1. The van der Waals surface area contributed by atoms with E-state index in [9.17, 15) is 0 Å². The molecule has 0 unspecified atom stereocenters. The van der Waals surface area contributed by atoms with Crippen LogP contribution in [0.5, 0.6) is 5.75 Å². The van der Waals surface area contributed by atoms with E-state index in [-0.39, 0.29) is 12.1 Å². The molecule has 2 aromatic heterocycles. The molecule has 0 amide bonds. The largest absolute Gasteiger partial charge is 0.497 e. The van der Waals surface area contributed by atoms with Gasteiger partial charge in [-0.05, 0) is 79.8 Å². The molecular weight excluding hydrogens is 416 g/mol. The molecule has 32 heavy (non-hydrogen) atoms. The third kappa shape index (κ3) is 3.63. The van der Waals surface area contributed by atoms with Crippen molar-refractivity contribution in [1.29, 1.82) is 0 Å². The van der Waals surface area contributed by atoms with Crippen molar-refractivity contribution in [2.45, 2.75) is 19.0 Å². The van der Waals surface area contributed by atoms with Gasteiger partial charge in [0.2, 0.25) is 0 Å². The molecule has 1 N–H and O–H groups in total. The fourth-order valence-electron chi connectivity index (χ4n) is 4.25. The molecule has 160 valence electrons. The van der Waals surface area contributed by atoms with Crippen LogP contribution in [0.15, 0.2) is 91.3 Å². The average molecular weight is 441 g/mol. The zero-order chi connectivity index (χ0) is 22.1. The number of rotatable bonds is 5. The summed E-state index contributed by atoms with van der Waals surface area (Å²) in [6, 6.07) is 26.6. The Bertz CT molecular complexity index is 1220. The Morgan fingerprint density at radius 1 is 0.906 bits per heavy atom. The van der Waals surface area contributed by atoms with Gasteiger partial charge in [0.05, 0.1) is 18.8 Å². The molecule has 1 aliphatic rings. The Balaban J connectivity index is 1.64. The second kappa shape index (κ2) is 8.48. The second-order valence-electron chi connectivity index (χ2n) is 7.83. The number of hydrogen-bond acceptors (Lipinski definition) is 3. The minimum absolute atomic E-state index is 0.0814. The van der Waals surface area contributed by atoms with Crippen LogP contribution in [0.3, 0.4) is 0 Å². The van der Waals surface area contributed by atoms with Crippen molar-refractivity contribution >= 4 is 23.0 Å². The molecule has 0 spiro atoms. The van der Waals surface area contributed by atoms with Gasteiger partial charge in [0.15, 0.2) is 5.11 Å². The summed E-state index contributed by atoms with van der Waals surface area (Å²) < 4.78 is 7.58. The molecule has 4 aromatic rings. The highest BCUT2D eigenvalue weighted by atomic mass is 32.1. The highest BCUT2D eigenvalue weighted by Crippen LogP contribution is 2.42. The zero-order valence-corrected chi connectivity index (χ0v) is 18.8. The lowest BCUT2D eigenvalue weighted by Gasteiger charge is -2.29. The molecule has 0 radical (unpaired) electrons. The number of methoxy groups -OCH3 is 1. The molecule has 1 fully saturated rings. The monoisotopic (exact) mass is 440 g/mol. The van der Waals surface area contributed by atoms with Gasteiger partial charge >= 0.3 is 0 Å². The van der Waals surface area contributed by atoms with Gasteiger partial charge in [-0.2, -0.15) is 0 Å². The van der Waals surface area contributed by atoms with Crippen LogP contribution in [0.1, 0.15) is 29.0 Å². The SMILES string of the molecule is COc1ccc(N2C(=S)N[C@H](c3ccccn3)[C@H]2c2cccn2-c2ccc(C)cc2)cc1. The maximum Gasteiger partial charge on any atom is 0.174 e. The Morgan fingerprint density at radius 3 is 2.34 bits per heavy atom. The highest BCUT2D eigenvalue weighted by molar-refractivity contribution is 7.80. The van der Waals surface area contributed by atoms with Gasteiger partial charge in [0, 0.05) is 29.5 Å².